The largest absolute Gasteiger partial charge is 0.459 e. The molecule has 7 heteroatoms. The van der Waals surface area contributed by atoms with Crippen molar-refractivity contribution in [2.24, 2.45) is 5.73 Å². The summed E-state index contributed by atoms with van der Waals surface area (Å²) in [5.41, 5.74) is 6.49. The fourth-order valence-electron chi connectivity index (χ4n) is 2.73. The zero-order valence-electron chi connectivity index (χ0n) is 14.0. The van der Waals surface area contributed by atoms with Crippen LogP contribution < -0.4 is 11.1 Å². The normalized spacial score (nSPS) is 17.7. The van der Waals surface area contributed by atoms with Gasteiger partial charge in [0, 0.05) is 19.1 Å². The minimum Gasteiger partial charge on any atom is -0.459 e. The van der Waals surface area contributed by atoms with Gasteiger partial charge in [-0.2, -0.15) is 0 Å². The van der Waals surface area contributed by atoms with Gasteiger partial charge in [0.1, 0.15) is 0 Å². The molecule has 1 aliphatic heterocycles. The first-order valence-corrected chi connectivity index (χ1v) is 8.58. The average Bonchev–Trinajstić information content (AvgIpc) is 2.56. The molecular weight excluding hydrogens is 330 g/mol. The molecule has 0 aliphatic carbocycles. The lowest BCUT2D eigenvalue weighted by Crippen LogP contribution is -2.49. The highest BCUT2D eigenvalue weighted by atomic mass is 35.5. The first kappa shape index (κ1) is 18.5. The Hall–Kier alpha value is -1.79. The number of halogens is 1. The number of urea groups is 1. The Morgan fingerprint density at radius 3 is 2.83 bits per heavy atom. The number of amides is 2. The highest BCUT2D eigenvalue weighted by molar-refractivity contribution is 6.33. The topological polar surface area (TPSA) is 84.7 Å². The first-order valence-electron chi connectivity index (χ1n) is 8.20. The molecule has 1 unspecified atom stereocenters. The number of benzene rings is 1. The van der Waals surface area contributed by atoms with Crippen molar-refractivity contribution in [1.29, 1.82) is 0 Å². The third-order valence-electron chi connectivity index (χ3n) is 3.95. The summed E-state index contributed by atoms with van der Waals surface area (Å²) in [6, 6.07) is 4.47. The van der Waals surface area contributed by atoms with Crippen LogP contribution in [0.1, 0.15) is 43.5 Å². The van der Waals surface area contributed by atoms with Crippen molar-refractivity contribution in [3.8, 4) is 0 Å². The minimum absolute atomic E-state index is 0.0339. The van der Waals surface area contributed by atoms with Gasteiger partial charge in [0.05, 0.1) is 22.4 Å². The van der Waals surface area contributed by atoms with Crippen molar-refractivity contribution in [3.05, 3.63) is 28.8 Å². The molecule has 1 saturated heterocycles. The van der Waals surface area contributed by atoms with Gasteiger partial charge in [0.2, 0.25) is 0 Å². The lowest BCUT2D eigenvalue weighted by Gasteiger charge is -2.35. The molecule has 1 fully saturated rings. The van der Waals surface area contributed by atoms with Crippen molar-refractivity contribution in [3.63, 3.8) is 0 Å². The minimum atomic E-state index is -0.449. The standard InChI is InChI=1S/C17H24ClN3O3/c1-11(2)24-16(22)12-6-7-14(18)15(9-12)20-17(23)21-8-4-3-5-13(21)10-19/h6-7,9,11,13H,3-5,8,10,19H2,1-2H3,(H,20,23). The SMILES string of the molecule is CC(C)OC(=O)c1ccc(Cl)c(NC(=O)N2CCCCC2CN)c1. The zero-order valence-corrected chi connectivity index (χ0v) is 14.8. The number of nitrogens with one attached hydrogen (secondary N) is 1. The molecule has 0 bridgehead atoms. The van der Waals surface area contributed by atoms with Crippen molar-refractivity contribution in [2.45, 2.75) is 45.3 Å². The van der Waals surface area contributed by atoms with Gasteiger partial charge in [-0.3, -0.25) is 0 Å². The summed E-state index contributed by atoms with van der Waals surface area (Å²) in [5.74, 6) is -0.449. The van der Waals surface area contributed by atoms with Crippen LogP contribution in [0.2, 0.25) is 5.02 Å². The van der Waals surface area contributed by atoms with Crippen LogP contribution in [0.3, 0.4) is 0 Å². The van der Waals surface area contributed by atoms with Gasteiger partial charge >= 0.3 is 12.0 Å². The summed E-state index contributed by atoms with van der Waals surface area (Å²) in [6.07, 6.45) is 2.71. The molecular formula is C17H24ClN3O3. The molecule has 6 nitrogen and oxygen atoms in total. The third-order valence-corrected chi connectivity index (χ3v) is 4.28. The van der Waals surface area contributed by atoms with E-state index >= 15 is 0 Å². The van der Waals surface area contributed by atoms with Gasteiger partial charge in [0.25, 0.3) is 0 Å². The van der Waals surface area contributed by atoms with E-state index in [0.717, 1.165) is 19.3 Å². The average molecular weight is 354 g/mol. The smallest absolute Gasteiger partial charge is 0.338 e. The van der Waals surface area contributed by atoms with Crippen LogP contribution in [0.4, 0.5) is 10.5 Å². The van der Waals surface area contributed by atoms with Crippen LogP contribution in [-0.2, 0) is 4.74 Å². The van der Waals surface area contributed by atoms with E-state index < -0.39 is 5.97 Å². The summed E-state index contributed by atoms with van der Waals surface area (Å²) >= 11 is 6.15. The van der Waals surface area contributed by atoms with Crippen LogP contribution in [0.15, 0.2) is 18.2 Å². The van der Waals surface area contributed by atoms with E-state index in [0.29, 0.717) is 29.4 Å². The van der Waals surface area contributed by atoms with Gasteiger partial charge in [-0.05, 0) is 51.3 Å². The Morgan fingerprint density at radius 2 is 2.17 bits per heavy atom. The summed E-state index contributed by atoms with van der Waals surface area (Å²) in [4.78, 5) is 26.3. The highest BCUT2D eigenvalue weighted by Gasteiger charge is 2.26. The van der Waals surface area contributed by atoms with Crippen molar-refractivity contribution < 1.29 is 14.3 Å². The number of rotatable bonds is 4. The molecule has 132 valence electrons. The van der Waals surface area contributed by atoms with Crippen molar-refractivity contribution in [2.75, 3.05) is 18.4 Å². The van der Waals surface area contributed by atoms with Crippen LogP contribution in [-0.4, -0.2) is 42.1 Å². The summed E-state index contributed by atoms with van der Waals surface area (Å²) in [7, 11) is 0. The number of nitrogens with zero attached hydrogens (tertiary/aromatic N) is 1. The van der Waals surface area contributed by atoms with Crippen molar-refractivity contribution in [1.82, 2.24) is 4.90 Å². The fraction of sp³-hybridized carbons (Fsp3) is 0.529. The van der Waals surface area contributed by atoms with Gasteiger partial charge in [-0.15, -0.1) is 0 Å². The predicted octanol–water partition coefficient (Wildman–Crippen LogP) is 3.25. The number of carbonyl (C=O) groups is 2. The van der Waals surface area contributed by atoms with Crippen molar-refractivity contribution >= 4 is 29.3 Å². The number of esters is 1. The predicted molar refractivity (Wildman–Crippen MR) is 94.4 cm³/mol. The van der Waals surface area contributed by atoms with E-state index in [9.17, 15) is 9.59 Å². The Bertz CT molecular complexity index is 607. The lowest BCUT2D eigenvalue weighted by atomic mass is 10.0. The Kier molecular flexibility index (Phi) is 6.45. The second kappa shape index (κ2) is 8.35. The summed E-state index contributed by atoms with van der Waals surface area (Å²) in [6.45, 7) is 4.65. The van der Waals surface area contributed by atoms with Crippen LogP contribution in [0.5, 0.6) is 0 Å². The number of carbonyl (C=O) groups excluding carboxylic acids is 2. The van der Waals surface area contributed by atoms with E-state index in [1.807, 2.05) is 0 Å². The zero-order chi connectivity index (χ0) is 17.7. The molecule has 1 heterocycles. The molecule has 2 rings (SSSR count). The molecule has 0 saturated carbocycles. The maximum absolute atomic E-state index is 12.5. The number of nitrogens with two attached hydrogens (primary N) is 1. The van der Waals surface area contributed by atoms with Gasteiger partial charge in [-0.1, -0.05) is 11.6 Å². The molecule has 1 aromatic rings. The molecule has 3 N–H and O–H groups in total. The van der Waals surface area contributed by atoms with Crippen LogP contribution in [0.25, 0.3) is 0 Å². The third kappa shape index (κ3) is 4.61. The van der Waals surface area contributed by atoms with E-state index in [4.69, 9.17) is 22.1 Å². The lowest BCUT2D eigenvalue weighted by molar-refractivity contribution is 0.0378. The fourth-order valence-corrected chi connectivity index (χ4v) is 2.89. The van der Waals surface area contributed by atoms with E-state index in [-0.39, 0.29) is 18.2 Å². The first-order chi connectivity index (χ1) is 11.4. The molecule has 0 aromatic heterocycles. The number of ether oxygens (including phenoxy) is 1. The molecule has 1 aromatic carbocycles. The Labute approximate surface area is 147 Å². The number of piperidine rings is 1. The molecule has 0 spiro atoms. The second-order valence-electron chi connectivity index (χ2n) is 6.16. The number of hydrogen-bond donors (Lipinski definition) is 2. The monoisotopic (exact) mass is 353 g/mol. The maximum atomic E-state index is 12.5. The molecule has 24 heavy (non-hydrogen) atoms. The number of hydrogen-bond acceptors (Lipinski definition) is 4. The molecule has 0 radical (unpaired) electrons. The van der Waals surface area contributed by atoms with Gasteiger partial charge in [0.15, 0.2) is 0 Å². The van der Waals surface area contributed by atoms with E-state index in [1.54, 1.807) is 30.9 Å². The van der Waals surface area contributed by atoms with Crippen LogP contribution in [0, 0.1) is 0 Å². The van der Waals surface area contributed by atoms with Crippen LogP contribution >= 0.6 is 11.6 Å². The molecule has 1 atom stereocenters. The van der Waals surface area contributed by atoms with E-state index in [1.165, 1.54) is 6.07 Å². The van der Waals surface area contributed by atoms with E-state index in [2.05, 4.69) is 5.32 Å². The van der Waals surface area contributed by atoms with Gasteiger partial charge in [-0.25, -0.2) is 9.59 Å². The maximum Gasteiger partial charge on any atom is 0.338 e. The Balaban J connectivity index is 2.13. The number of likely N-dealkylation sites (tertiary alicyclic amines) is 1. The van der Waals surface area contributed by atoms with Gasteiger partial charge < -0.3 is 20.7 Å². The summed E-state index contributed by atoms with van der Waals surface area (Å²) in [5, 5.41) is 3.15. The molecule has 1 aliphatic rings. The highest BCUT2D eigenvalue weighted by Crippen LogP contribution is 2.25. The quantitative estimate of drug-likeness (QED) is 0.814. The number of anilines is 1. The second-order valence-corrected chi connectivity index (χ2v) is 6.56. The molecule has 2 amide bonds. The Morgan fingerprint density at radius 1 is 1.42 bits per heavy atom. The summed E-state index contributed by atoms with van der Waals surface area (Å²) < 4.78 is 5.17.